The average molecular weight is 457 g/mol. The van der Waals surface area contributed by atoms with Gasteiger partial charge in [0.25, 0.3) is 5.91 Å². The van der Waals surface area contributed by atoms with Crippen LogP contribution in [0.3, 0.4) is 0 Å². The van der Waals surface area contributed by atoms with Gasteiger partial charge in [0.05, 0.1) is 43.4 Å². The van der Waals surface area contributed by atoms with Crippen LogP contribution in [0.5, 0.6) is 0 Å². The highest BCUT2D eigenvalue weighted by Crippen LogP contribution is 2.30. The van der Waals surface area contributed by atoms with Gasteiger partial charge in [0.15, 0.2) is 5.69 Å². The third-order valence-corrected chi connectivity index (χ3v) is 6.32. The van der Waals surface area contributed by atoms with E-state index in [0.29, 0.717) is 19.0 Å². The summed E-state index contributed by atoms with van der Waals surface area (Å²) < 4.78 is 9.06. The highest BCUT2D eigenvalue weighted by Gasteiger charge is 2.26. The molecule has 172 valence electrons. The van der Waals surface area contributed by atoms with E-state index in [1.807, 2.05) is 41.2 Å². The van der Waals surface area contributed by atoms with Gasteiger partial charge in [-0.1, -0.05) is 23.4 Å². The van der Waals surface area contributed by atoms with Crippen LogP contribution >= 0.6 is 0 Å². The van der Waals surface area contributed by atoms with E-state index in [0.717, 1.165) is 59.6 Å². The SMILES string of the molecule is Nc1ccc2c(n1)CCC2NC(=O)c1cn(Cc2ccc(-n3cc4c(n3)CCOC4)cc2)nn1. The van der Waals surface area contributed by atoms with Crippen LogP contribution in [-0.2, 0) is 30.7 Å². The Hall–Kier alpha value is -4.05. The molecule has 3 aromatic heterocycles. The first-order valence-corrected chi connectivity index (χ1v) is 11.3. The van der Waals surface area contributed by atoms with Crippen molar-refractivity contribution in [2.75, 3.05) is 12.3 Å². The lowest BCUT2D eigenvalue weighted by atomic mass is 10.1. The number of nitrogen functional groups attached to an aromatic ring is 1. The molecule has 4 heterocycles. The van der Waals surface area contributed by atoms with Crippen LogP contribution in [0, 0.1) is 0 Å². The number of hydrogen-bond acceptors (Lipinski definition) is 7. The minimum absolute atomic E-state index is 0.0900. The number of nitrogens with one attached hydrogen (secondary N) is 1. The van der Waals surface area contributed by atoms with Crippen LogP contribution in [0.25, 0.3) is 5.69 Å². The molecule has 2 aliphatic rings. The van der Waals surface area contributed by atoms with Crippen LogP contribution in [0.15, 0.2) is 48.8 Å². The monoisotopic (exact) mass is 456 g/mol. The average Bonchev–Trinajstić information content (AvgIpc) is 3.58. The number of nitrogens with zero attached hydrogens (tertiary/aromatic N) is 6. The number of ether oxygens (including phenoxy) is 1. The van der Waals surface area contributed by atoms with E-state index in [-0.39, 0.29) is 17.6 Å². The molecule has 0 radical (unpaired) electrons. The molecule has 10 nitrogen and oxygen atoms in total. The minimum Gasteiger partial charge on any atom is -0.384 e. The normalized spacial score (nSPS) is 16.8. The molecule has 10 heteroatoms. The fourth-order valence-electron chi connectivity index (χ4n) is 4.55. The Bertz CT molecular complexity index is 1330. The number of pyridine rings is 1. The Morgan fingerprint density at radius 2 is 2.00 bits per heavy atom. The first-order chi connectivity index (χ1) is 16.6. The van der Waals surface area contributed by atoms with Gasteiger partial charge in [-0.3, -0.25) is 4.79 Å². The predicted molar refractivity (Wildman–Crippen MR) is 123 cm³/mol. The molecule has 3 N–H and O–H groups in total. The van der Waals surface area contributed by atoms with E-state index in [2.05, 4.69) is 25.7 Å². The molecule has 1 atom stereocenters. The summed E-state index contributed by atoms with van der Waals surface area (Å²) in [6.07, 6.45) is 6.13. The standard InChI is InChI=1S/C24H24N8O2/c25-23-8-5-18-20(26-23)6-7-21(18)27-24(33)22-13-31(30-28-22)11-15-1-3-17(4-2-15)32-12-16-14-34-10-9-19(16)29-32/h1-5,8,12-13,21H,6-7,9-11,14H2,(H2,25,26)(H,27,33). The van der Waals surface area contributed by atoms with Crippen LogP contribution in [0.2, 0.25) is 0 Å². The van der Waals surface area contributed by atoms with Gasteiger partial charge in [0.1, 0.15) is 5.82 Å². The maximum atomic E-state index is 12.7. The second-order valence-electron chi connectivity index (χ2n) is 8.65. The summed E-state index contributed by atoms with van der Waals surface area (Å²) >= 11 is 0. The summed E-state index contributed by atoms with van der Waals surface area (Å²) in [5, 5.41) is 15.9. The Morgan fingerprint density at radius 3 is 2.85 bits per heavy atom. The predicted octanol–water partition coefficient (Wildman–Crippen LogP) is 1.98. The van der Waals surface area contributed by atoms with E-state index in [1.54, 1.807) is 16.9 Å². The van der Waals surface area contributed by atoms with Crippen molar-refractivity contribution < 1.29 is 9.53 Å². The number of carbonyl (C=O) groups is 1. The Balaban J connectivity index is 1.10. The summed E-state index contributed by atoms with van der Waals surface area (Å²) in [5.41, 5.74) is 12.3. The molecule has 4 aromatic rings. The van der Waals surface area contributed by atoms with Crippen molar-refractivity contribution in [2.24, 2.45) is 0 Å². The summed E-state index contributed by atoms with van der Waals surface area (Å²) in [6, 6.07) is 11.7. The van der Waals surface area contributed by atoms with Gasteiger partial charge in [-0.15, -0.1) is 5.10 Å². The molecule has 0 bridgehead atoms. The molecule has 0 fully saturated rings. The van der Waals surface area contributed by atoms with Gasteiger partial charge in [0, 0.05) is 23.9 Å². The Labute approximate surface area is 195 Å². The molecule has 1 unspecified atom stereocenters. The van der Waals surface area contributed by atoms with Crippen molar-refractivity contribution in [1.82, 2.24) is 35.1 Å². The van der Waals surface area contributed by atoms with Gasteiger partial charge in [-0.2, -0.15) is 5.10 Å². The number of fused-ring (bicyclic) bond motifs is 2. The topological polar surface area (TPSA) is 126 Å². The lowest BCUT2D eigenvalue weighted by Crippen LogP contribution is -2.27. The van der Waals surface area contributed by atoms with Gasteiger partial charge >= 0.3 is 0 Å². The van der Waals surface area contributed by atoms with Crippen molar-refractivity contribution >= 4 is 11.7 Å². The smallest absolute Gasteiger partial charge is 0.273 e. The lowest BCUT2D eigenvalue weighted by molar-refractivity contribution is 0.0931. The van der Waals surface area contributed by atoms with Crippen molar-refractivity contribution in [3.63, 3.8) is 0 Å². The number of anilines is 1. The molecule has 0 saturated heterocycles. The maximum absolute atomic E-state index is 12.7. The molecule has 6 rings (SSSR count). The number of benzene rings is 1. The molecule has 0 saturated carbocycles. The van der Waals surface area contributed by atoms with E-state index in [9.17, 15) is 4.79 Å². The minimum atomic E-state index is -0.247. The number of carbonyl (C=O) groups excluding carboxylic acids is 1. The van der Waals surface area contributed by atoms with Crippen LogP contribution < -0.4 is 11.1 Å². The third-order valence-electron chi connectivity index (χ3n) is 6.32. The van der Waals surface area contributed by atoms with Gasteiger partial charge in [-0.25, -0.2) is 14.3 Å². The molecule has 34 heavy (non-hydrogen) atoms. The number of aromatic nitrogens is 6. The number of nitrogens with two attached hydrogens (primary N) is 1. The van der Waals surface area contributed by atoms with Crippen LogP contribution in [-0.4, -0.2) is 42.3 Å². The Kier molecular flexibility index (Phi) is 5.06. The van der Waals surface area contributed by atoms with Crippen molar-refractivity contribution in [3.8, 4) is 5.69 Å². The Morgan fingerprint density at radius 1 is 1.12 bits per heavy atom. The highest BCUT2D eigenvalue weighted by molar-refractivity contribution is 5.92. The van der Waals surface area contributed by atoms with E-state index < -0.39 is 0 Å². The number of aryl methyl sites for hydroxylation is 1. The molecular formula is C24H24N8O2. The van der Waals surface area contributed by atoms with Gasteiger partial charge in [-0.05, 0) is 42.2 Å². The summed E-state index contributed by atoms with van der Waals surface area (Å²) in [7, 11) is 0. The van der Waals surface area contributed by atoms with Crippen LogP contribution in [0.4, 0.5) is 5.82 Å². The molecular weight excluding hydrogens is 432 g/mol. The van der Waals surface area contributed by atoms with E-state index in [4.69, 9.17) is 10.5 Å². The van der Waals surface area contributed by atoms with Gasteiger partial charge in [0.2, 0.25) is 0 Å². The van der Waals surface area contributed by atoms with Crippen molar-refractivity contribution in [3.05, 3.63) is 82.6 Å². The molecule has 1 aliphatic heterocycles. The van der Waals surface area contributed by atoms with Crippen molar-refractivity contribution in [2.45, 2.75) is 38.5 Å². The second kappa shape index (κ2) is 8.38. The molecule has 1 amide bonds. The largest absolute Gasteiger partial charge is 0.384 e. The summed E-state index contributed by atoms with van der Waals surface area (Å²) in [4.78, 5) is 17.1. The third kappa shape index (κ3) is 3.92. The fourth-order valence-corrected chi connectivity index (χ4v) is 4.55. The molecule has 0 spiro atoms. The van der Waals surface area contributed by atoms with Crippen molar-refractivity contribution in [1.29, 1.82) is 0 Å². The fraction of sp³-hybridized carbons (Fsp3) is 0.292. The summed E-state index contributed by atoms with van der Waals surface area (Å²) in [6.45, 7) is 1.86. The van der Waals surface area contributed by atoms with E-state index in [1.165, 1.54) is 0 Å². The number of amides is 1. The highest BCUT2D eigenvalue weighted by atomic mass is 16.5. The number of rotatable bonds is 5. The lowest BCUT2D eigenvalue weighted by Gasteiger charge is -2.12. The first kappa shape index (κ1) is 20.5. The zero-order valence-corrected chi connectivity index (χ0v) is 18.5. The van der Waals surface area contributed by atoms with Gasteiger partial charge < -0.3 is 15.8 Å². The quantitative estimate of drug-likeness (QED) is 0.470. The zero-order chi connectivity index (χ0) is 23.1. The second-order valence-corrected chi connectivity index (χ2v) is 8.65. The first-order valence-electron chi connectivity index (χ1n) is 11.3. The summed E-state index contributed by atoms with van der Waals surface area (Å²) in [5.74, 6) is 0.253. The molecule has 1 aromatic carbocycles. The zero-order valence-electron chi connectivity index (χ0n) is 18.5. The van der Waals surface area contributed by atoms with E-state index >= 15 is 0 Å². The maximum Gasteiger partial charge on any atom is 0.273 e. The molecule has 1 aliphatic carbocycles. The number of hydrogen-bond donors (Lipinski definition) is 2. The van der Waals surface area contributed by atoms with Crippen LogP contribution in [0.1, 0.15) is 51.0 Å².